The summed E-state index contributed by atoms with van der Waals surface area (Å²) in [6.07, 6.45) is 8.22. The minimum Gasteiger partial charge on any atom is -0.147 e. The maximum atomic E-state index is 2.12. The molecule has 2 heterocycles. The number of aromatic nitrogens is 2. The summed E-state index contributed by atoms with van der Waals surface area (Å²) in [6, 6.07) is 12.2. The van der Waals surface area contributed by atoms with Gasteiger partial charge in [0.1, 0.15) is 0 Å². The van der Waals surface area contributed by atoms with Gasteiger partial charge in [-0.2, -0.15) is 0 Å². The molecular formula is C11H14I2N2+2. The fourth-order valence-electron chi connectivity index (χ4n) is 1.25. The van der Waals surface area contributed by atoms with E-state index in [4.69, 9.17) is 0 Å². The molecule has 0 bridgehead atoms. The Bertz CT molecular complexity index is 327. The Morgan fingerprint density at radius 2 is 0.867 bits per heavy atom. The molecule has 0 saturated heterocycles. The summed E-state index contributed by atoms with van der Waals surface area (Å²) in [5.74, 6) is 0. The molecule has 15 heavy (non-hydrogen) atoms. The molecular weight excluding hydrogens is 414 g/mol. The third kappa shape index (κ3) is 4.87. The maximum absolute atomic E-state index is 2.12. The quantitative estimate of drug-likeness (QED) is 0.511. The zero-order valence-corrected chi connectivity index (χ0v) is 12.9. The normalized spacial score (nSPS) is 8.53. The summed E-state index contributed by atoms with van der Waals surface area (Å²) >= 11 is 0. The van der Waals surface area contributed by atoms with Crippen molar-refractivity contribution < 1.29 is 9.13 Å². The van der Waals surface area contributed by atoms with Crippen molar-refractivity contribution in [3.8, 4) is 0 Å². The van der Waals surface area contributed by atoms with Crippen LogP contribution < -0.4 is 9.13 Å². The van der Waals surface area contributed by atoms with E-state index in [-0.39, 0.29) is 48.0 Å². The SMILES string of the molecule is I.I.c1cc[n+](C[n+]2ccccc2)cc1. The van der Waals surface area contributed by atoms with Gasteiger partial charge >= 0.3 is 6.67 Å². The fourth-order valence-corrected chi connectivity index (χ4v) is 1.25. The summed E-state index contributed by atoms with van der Waals surface area (Å²) < 4.78 is 4.25. The Kier molecular flexibility index (Phi) is 7.85. The van der Waals surface area contributed by atoms with Crippen molar-refractivity contribution in [3.05, 3.63) is 61.2 Å². The molecule has 0 aliphatic rings. The third-order valence-electron chi connectivity index (χ3n) is 1.88. The van der Waals surface area contributed by atoms with Crippen molar-refractivity contribution in [1.82, 2.24) is 0 Å². The molecule has 0 amide bonds. The highest BCUT2D eigenvalue weighted by atomic mass is 127. The standard InChI is InChI=1S/C11H12N2.2HI/c1-3-7-12(8-4-1)11-13-9-5-2-6-10-13;;/h1-10H,11H2;2*1H/q+2;;. The molecule has 0 unspecified atom stereocenters. The van der Waals surface area contributed by atoms with Crippen molar-refractivity contribution in [1.29, 1.82) is 0 Å². The van der Waals surface area contributed by atoms with Crippen LogP contribution >= 0.6 is 48.0 Å². The predicted octanol–water partition coefficient (Wildman–Crippen LogP) is 2.00. The second kappa shape index (κ2) is 7.98. The van der Waals surface area contributed by atoms with Crippen LogP contribution in [-0.2, 0) is 6.67 Å². The minimum absolute atomic E-state index is 0. The molecule has 0 aliphatic carbocycles. The first-order valence-electron chi connectivity index (χ1n) is 4.33. The fraction of sp³-hybridized carbons (Fsp3) is 0.0909. The number of hydrogen-bond donors (Lipinski definition) is 0. The minimum atomic E-state index is 0. The molecule has 0 spiro atoms. The molecule has 0 aliphatic heterocycles. The van der Waals surface area contributed by atoms with Gasteiger partial charge in [-0.1, -0.05) is 12.1 Å². The molecule has 2 rings (SSSR count). The third-order valence-corrected chi connectivity index (χ3v) is 1.88. The van der Waals surface area contributed by atoms with E-state index >= 15 is 0 Å². The zero-order chi connectivity index (χ0) is 8.93. The Morgan fingerprint density at radius 3 is 1.20 bits per heavy atom. The molecule has 0 N–H and O–H groups in total. The number of nitrogens with zero attached hydrogens (tertiary/aromatic N) is 2. The van der Waals surface area contributed by atoms with Crippen molar-refractivity contribution in [2.45, 2.75) is 6.67 Å². The Labute approximate surface area is 124 Å². The van der Waals surface area contributed by atoms with E-state index in [0.717, 1.165) is 6.67 Å². The Morgan fingerprint density at radius 1 is 0.533 bits per heavy atom. The first kappa shape index (κ1) is 14.8. The molecule has 2 nitrogen and oxygen atoms in total. The van der Waals surface area contributed by atoms with Crippen LogP contribution in [0.1, 0.15) is 0 Å². The predicted molar refractivity (Wildman–Crippen MR) is 79.5 cm³/mol. The highest BCUT2D eigenvalue weighted by Crippen LogP contribution is 1.77. The monoisotopic (exact) mass is 428 g/mol. The number of rotatable bonds is 2. The van der Waals surface area contributed by atoms with E-state index in [1.807, 2.05) is 36.4 Å². The van der Waals surface area contributed by atoms with Crippen LogP contribution in [0.3, 0.4) is 0 Å². The summed E-state index contributed by atoms with van der Waals surface area (Å²) in [5.41, 5.74) is 0. The van der Waals surface area contributed by atoms with Crippen molar-refractivity contribution >= 4 is 48.0 Å². The largest absolute Gasteiger partial charge is 0.343 e. The van der Waals surface area contributed by atoms with E-state index in [0.29, 0.717) is 0 Å². The van der Waals surface area contributed by atoms with Gasteiger partial charge in [-0.05, 0) is 0 Å². The molecule has 0 aromatic carbocycles. The Balaban J connectivity index is 0.000000980. The van der Waals surface area contributed by atoms with E-state index in [1.165, 1.54) is 0 Å². The van der Waals surface area contributed by atoms with Crippen LogP contribution in [0.15, 0.2) is 61.2 Å². The van der Waals surface area contributed by atoms with Crippen molar-refractivity contribution in [3.63, 3.8) is 0 Å². The van der Waals surface area contributed by atoms with Crippen LogP contribution in [0.4, 0.5) is 0 Å². The smallest absolute Gasteiger partial charge is 0.147 e. The number of pyridine rings is 2. The summed E-state index contributed by atoms with van der Waals surface area (Å²) in [7, 11) is 0. The van der Waals surface area contributed by atoms with E-state index in [9.17, 15) is 0 Å². The van der Waals surface area contributed by atoms with Crippen LogP contribution in [0, 0.1) is 0 Å². The van der Waals surface area contributed by atoms with E-state index in [2.05, 4.69) is 33.9 Å². The first-order valence-corrected chi connectivity index (χ1v) is 4.33. The van der Waals surface area contributed by atoms with E-state index < -0.39 is 0 Å². The summed E-state index contributed by atoms with van der Waals surface area (Å²) in [6.45, 7) is 0.863. The first-order chi connectivity index (χ1) is 6.45. The van der Waals surface area contributed by atoms with Gasteiger partial charge in [0.15, 0.2) is 24.8 Å². The van der Waals surface area contributed by atoms with Gasteiger partial charge in [0.05, 0.1) is 0 Å². The second-order valence-electron chi connectivity index (χ2n) is 2.92. The molecule has 4 heteroatoms. The van der Waals surface area contributed by atoms with Crippen molar-refractivity contribution in [2.75, 3.05) is 0 Å². The highest BCUT2D eigenvalue weighted by molar-refractivity contribution is 14.0. The van der Waals surface area contributed by atoms with Gasteiger partial charge in [-0.25, -0.2) is 0 Å². The Hall–Kier alpha value is -0.240. The van der Waals surface area contributed by atoms with Crippen LogP contribution in [0.5, 0.6) is 0 Å². The lowest BCUT2D eigenvalue weighted by Gasteiger charge is -1.91. The van der Waals surface area contributed by atoms with Gasteiger partial charge in [0.2, 0.25) is 0 Å². The lowest BCUT2D eigenvalue weighted by atomic mass is 10.5. The maximum Gasteiger partial charge on any atom is 0.343 e. The molecule has 0 fully saturated rings. The highest BCUT2D eigenvalue weighted by Gasteiger charge is 2.03. The molecule has 0 saturated carbocycles. The van der Waals surface area contributed by atoms with Crippen molar-refractivity contribution in [2.24, 2.45) is 0 Å². The molecule has 80 valence electrons. The van der Waals surface area contributed by atoms with Crippen LogP contribution in [-0.4, -0.2) is 0 Å². The molecule has 0 radical (unpaired) electrons. The number of hydrogen-bond acceptors (Lipinski definition) is 0. The average molecular weight is 428 g/mol. The molecule has 2 aromatic heterocycles. The zero-order valence-electron chi connectivity index (χ0n) is 8.19. The molecule has 2 aromatic rings. The van der Waals surface area contributed by atoms with Gasteiger partial charge in [0, 0.05) is 24.3 Å². The lowest BCUT2D eigenvalue weighted by molar-refractivity contribution is -0.913. The summed E-state index contributed by atoms with van der Waals surface area (Å²) in [5, 5.41) is 0. The van der Waals surface area contributed by atoms with Gasteiger partial charge in [0.25, 0.3) is 0 Å². The average Bonchev–Trinajstić information content (AvgIpc) is 2.21. The second-order valence-corrected chi connectivity index (χ2v) is 2.92. The lowest BCUT2D eigenvalue weighted by Crippen LogP contribution is -2.50. The van der Waals surface area contributed by atoms with Crippen LogP contribution in [0.2, 0.25) is 0 Å². The molecule has 0 atom stereocenters. The van der Waals surface area contributed by atoms with Gasteiger partial charge in [-0.3, -0.25) is 0 Å². The van der Waals surface area contributed by atoms with Gasteiger partial charge in [-0.15, -0.1) is 57.1 Å². The van der Waals surface area contributed by atoms with E-state index in [1.54, 1.807) is 0 Å². The topological polar surface area (TPSA) is 7.76 Å². The summed E-state index contributed by atoms with van der Waals surface area (Å²) in [4.78, 5) is 0. The number of halogens is 2. The van der Waals surface area contributed by atoms with Gasteiger partial charge < -0.3 is 0 Å². The van der Waals surface area contributed by atoms with Crippen LogP contribution in [0.25, 0.3) is 0 Å².